The molecule has 0 aromatic heterocycles. The highest BCUT2D eigenvalue weighted by Gasteiger charge is 2.34. The van der Waals surface area contributed by atoms with Gasteiger partial charge in [-0.15, -0.1) is 0 Å². The number of amides is 2. The van der Waals surface area contributed by atoms with Crippen molar-refractivity contribution in [1.82, 2.24) is 10.2 Å². The summed E-state index contributed by atoms with van der Waals surface area (Å²) in [6.07, 6.45) is 5.55. The second kappa shape index (κ2) is 14.2. The van der Waals surface area contributed by atoms with Crippen LogP contribution in [0.3, 0.4) is 0 Å². The van der Waals surface area contributed by atoms with Crippen molar-refractivity contribution in [3.63, 3.8) is 0 Å². The Labute approximate surface area is 254 Å². The molecule has 1 atom stereocenters. The number of nitrogens with zero attached hydrogens (tertiary/aromatic N) is 2. The van der Waals surface area contributed by atoms with E-state index in [2.05, 4.69) is 5.32 Å². The zero-order chi connectivity index (χ0) is 30.3. The van der Waals surface area contributed by atoms with Crippen LogP contribution in [-0.2, 0) is 26.2 Å². The standard InChI is InChI=1S/C33H40ClN3O4S/c1-4-31(33(39)35-28-14-6-5-7-15-28)36(22-26-13-9-8-12-25(26)3)32(38)23-37(29-16-10-11-24(2)21-29)42(40,41)30-19-17-27(34)18-20-30/h8-13,16-21,28,31H,4-7,14-15,22-23H2,1-3H3,(H,35,39)/t31-/m0/s1. The highest BCUT2D eigenvalue weighted by atomic mass is 35.5. The summed E-state index contributed by atoms with van der Waals surface area (Å²) in [7, 11) is -4.15. The Hall–Kier alpha value is -3.36. The lowest BCUT2D eigenvalue weighted by Gasteiger charge is -2.34. The van der Waals surface area contributed by atoms with Gasteiger partial charge in [0.2, 0.25) is 11.8 Å². The summed E-state index contributed by atoms with van der Waals surface area (Å²) >= 11 is 6.04. The SMILES string of the molecule is CC[C@@H](C(=O)NC1CCCCC1)N(Cc1ccccc1C)C(=O)CN(c1cccc(C)c1)S(=O)(=O)c1ccc(Cl)cc1. The summed E-state index contributed by atoms with van der Waals surface area (Å²) < 4.78 is 29.1. The van der Waals surface area contributed by atoms with Gasteiger partial charge in [0.25, 0.3) is 10.0 Å². The Morgan fingerprint density at radius 2 is 1.64 bits per heavy atom. The van der Waals surface area contributed by atoms with Crippen molar-refractivity contribution in [2.75, 3.05) is 10.8 Å². The van der Waals surface area contributed by atoms with E-state index in [1.54, 1.807) is 23.1 Å². The van der Waals surface area contributed by atoms with E-state index in [-0.39, 0.29) is 23.4 Å². The Bertz CT molecular complexity index is 1490. The lowest BCUT2D eigenvalue weighted by Crippen LogP contribution is -2.54. The fourth-order valence-corrected chi connectivity index (χ4v) is 7.01. The average Bonchev–Trinajstić information content (AvgIpc) is 2.97. The van der Waals surface area contributed by atoms with Crippen molar-refractivity contribution in [1.29, 1.82) is 0 Å². The zero-order valence-electron chi connectivity index (χ0n) is 24.6. The van der Waals surface area contributed by atoms with Crippen molar-refractivity contribution in [2.24, 2.45) is 0 Å². The van der Waals surface area contributed by atoms with Gasteiger partial charge in [0.15, 0.2) is 0 Å². The second-order valence-corrected chi connectivity index (χ2v) is 13.3. The van der Waals surface area contributed by atoms with Gasteiger partial charge >= 0.3 is 0 Å². The molecule has 0 aliphatic heterocycles. The minimum absolute atomic E-state index is 0.0220. The van der Waals surface area contributed by atoms with Crippen LogP contribution in [0.25, 0.3) is 0 Å². The predicted molar refractivity (Wildman–Crippen MR) is 168 cm³/mol. The molecule has 0 bridgehead atoms. The van der Waals surface area contributed by atoms with Gasteiger partial charge in [-0.25, -0.2) is 8.42 Å². The molecule has 1 aliphatic carbocycles. The van der Waals surface area contributed by atoms with Crippen LogP contribution in [0, 0.1) is 13.8 Å². The first-order valence-corrected chi connectivity index (χ1v) is 16.4. The van der Waals surface area contributed by atoms with Crippen LogP contribution in [0.2, 0.25) is 5.02 Å². The molecule has 0 heterocycles. The molecule has 7 nitrogen and oxygen atoms in total. The average molecular weight is 610 g/mol. The Morgan fingerprint density at radius 1 is 0.952 bits per heavy atom. The maximum atomic E-state index is 14.3. The molecule has 9 heteroatoms. The molecule has 3 aromatic carbocycles. The number of rotatable bonds is 11. The van der Waals surface area contributed by atoms with E-state index in [4.69, 9.17) is 11.6 Å². The predicted octanol–water partition coefficient (Wildman–Crippen LogP) is 6.41. The molecule has 1 saturated carbocycles. The van der Waals surface area contributed by atoms with Crippen LogP contribution < -0.4 is 9.62 Å². The van der Waals surface area contributed by atoms with E-state index in [1.807, 2.05) is 51.1 Å². The molecule has 4 rings (SSSR count). The van der Waals surface area contributed by atoms with E-state index >= 15 is 0 Å². The zero-order valence-corrected chi connectivity index (χ0v) is 26.1. The van der Waals surface area contributed by atoms with Gasteiger partial charge in [-0.2, -0.15) is 0 Å². The van der Waals surface area contributed by atoms with Gasteiger partial charge < -0.3 is 10.2 Å². The highest BCUT2D eigenvalue weighted by molar-refractivity contribution is 7.92. The van der Waals surface area contributed by atoms with Crippen molar-refractivity contribution < 1.29 is 18.0 Å². The van der Waals surface area contributed by atoms with Crippen LogP contribution in [0.4, 0.5) is 5.69 Å². The number of benzene rings is 3. The Balaban J connectivity index is 1.71. The lowest BCUT2D eigenvalue weighted by atomic mass is 9.95. The smallest absolute Gasteiger partial charge is 0.264 e. The summed E-state index contributed by atoms with van der Waals surface area (Å²) in [5.74, 6) is -0.656. The van der Waals surface area contributed by atoms with E-state index in [0.29, 0.717) is 17.1 Å². The number of halogens is 1. The van der Waals surface area contributed by atoms with Gasteiger partial charge in [-0.05, 0) is 86.2 Å². The highest BCUT2D eigenvalue weighted by Crippen LogP contribution is 2.27. The first-order valence-electron chi connectivity index (χ1n) is 14.6. The Morgan fingerprint density at radius 3 is 2.29 bits per heavy atom. The number of sulfonamides is 1. The van der Waals surface area contributed by atoms with Crippen molar-refractivity contribution in [2.45, 2.75) is 82.8 Å². The monoisotopic (exact) mass is 609 g/mol. The summed E-state index contributed by atoms with van der Waals surface area (Å²) in [5, 5.41) is 3.59. The molecular formula is C33H40ClN3O4S. The molecule has 224 valence electrons. The maximum absolute atomic E-state index is 14.3. The van der Waals surface area contributed by atoms with Gasteiger partial charge in [0, 0.05) is 17.6 Å². The summed E-state index contributed by atoms with van der Waals surface area (Å²) in [4.78, 5) is 29.5. The van der Waals surface area contributed by atoms with E-state index in [0.717, 1.165) is 46.7 Å². The molecule has 1 N–H and O–H groups in total. The first kappa shape index (κ1) is 31.6. The fraction of sp³-hybridized carbons (Fsp3) is 0.394. The van der Waals surface area contributed by atoms with E-state index in [9.17, 15) is 18.0 Å². The fourth-order valence-electron chi connectivity index (χ4n) is 5.48. The van der Waals surface area contributed by atoms with Crippen molar-refractivity contribution in [3.05, 3.63) is 94.5 Å². The van der Waals surface area contributed by atoms with Crippen molar-refractivity contribution in [3.8, 4) is 0 Å². The molecule has 3 aromatic rings. The van der Waals surface area contributed by atoms with Gasteiger partial charge in [-0.1, -0.05) is 74.2 Å². The number of hydrogen-bond acceptors (Lipinski definition) is 4. The van der Waals surface area contributed by atoms with E-state index < -0.39 is 28.5 Å². The van der Waals surface area contributed by atoms with Gasteiger partial charge in [0.1, 0.15) is 12.6 Å². The summed E-state index contributed by atoms with van der Waals surface area (Å²) in [6.45, 7) is 5.43. The third-order valence-electron chi connectivity index (χ3n) is 7.91. The third-order valence-corrected chi connectivity index (χ3v) is 9.95. The first-order chi connectivity index (χ1) is 20.1. The minimum Gasteiger partial charge on any atom is -0.352 e. The minimum atomic E-state index is -4.15. The number of nitrogens with one attached hydrogen (secondary N) is 1. The molecule has 0 spiro atoms. The quantitative estimate of drug-likeness (QED) is 0.272. The van der Waals surface area contributed by atoms with Crippen LogP contribution in [-0.4, -0.2) is 43.8 Å². The molecule has 1 fully saturated rings. The van der Waals surface area contributed by atoms with Crippen LogP contribution in [0.15, 0.2) is 77.7 Å². The molecule has 2 amide bonds. The maximum Gasteiger partial charge on any atom is 0.264 e. The number of anilines is 1. The molecule has 1 aliphatic rings. The molecule has 42 heavy (non-hydrogen) atoms. The lowest BCUT2D eigenvalue weighted by molar-refractivity contribution is -0.140. The number of aryl methyl sites for hydroxylation is 2. The van der Waals surface area contributed by atoms with Crippen molar-refractivity contribution >= 4 is 39.1 Å². The number of carbonyl (C=O) groups is 2. The number of carbonyl (C=O) groups excluding carboxylic acids is 2. The van der Waals surface area contributed by atoms with Gasteiger partial charge in [-0.3, -0.25) is 13.9 Å². The third kappa shape index (κ3) is 7.72. The second-order valence-electron chi connectivity index (χ2n) is 11.0. The van der Waals surface area contributed by atoms with Crippen LogP contribution >= 0.6 is 11.6 Å². The Kier molecular flexibility index (Phi) is 10.7. The van der Waals surface area contributed by atoms with Gasteiger partial charge in [0.05, 0.1) is 10.6 Å². The topological polar surface area (TPSA) is 86.8 Å². The summed E-state index contributed by atoms with van der Waals surface area (Å²) in [6, 6.07) is 20.0. The normalized spacial score (nSPS) is 14.7. The molecule has 0 unspecified atom stereocenters. The van der Waals surface area contributed by atoms with Crippen LogP contribution in [0.5, 0.6) is 0 Å². The molecular weight excluding hydrogens is 570 g/mol. The number of hydrogen-bond donors (Lipinski definition) is 1. The molecule has 0 saturated heterocycles. The van der Waals surface area contributed by atoms with Crippen LogP contribution in [0.1, 0.15) is 62.1 Å². The van der Waals surface area contributed by atoms with E-state index in [1.165, 1.54) is 30.7 Å². The summed E-state index contributed by atoms with van der Waals surface area (Å²) in [5.41, 5.74) is 3.11. The molecule has 0 radical (unpaired) electrons. The largest absolute Gasteiger partial charge is 0.352 e.